The molecular formula is C21H32N4O4S. The minimum absolute atomic E-state index is 0.115. The number of ether oxygens (including phenoxy) is 1. The Morgan fingerprint density at radius 1 is 1.27 bits per heavy atom. The summed E-state index contributed by atoms with van der Waals surface area (Å²) in [4.78, 5) is 14.9. The molecule has 1 saturated heterocycles. The van der Waals surface area contributed by atoms with E-state index in [1.165, 1.54) is 17.7 Å². The van der Waals surface area contributed by atoms with Gasteiger partial charge in [0.05, 0.1) is 23.8 Å². The molecule has 30 heavy (non-hydrogen) atoms. The van der Waals surface area contributed by atoms with Crippen molar-refractivity contribution in [1.82, 2.24) is 20.3 Å². The molecule has 3 heterocycles. The van der Waals surface area contributed by atoms with E-state index in [-0.39, 0.29) is 30.8 Å². The molecule has 4 aliphatic rings. The topological polar surface area (TPSA) is 99.8 Å². The number of carbonyl (C=O) groups excluding carboxylic acids is 1. The number of hydrogen-bond donors (Lipinski definition) is 3. The zero-order valence-electron chi connectivity index (χ0n) is 17.8. The highest BCUT2D eigenvalue weighted by Gasteiger charge is 2.58. The Morgan fingerprint density at radius 3 is 2.87 bits per heavy atom. The Labute approximate surface area is 178 Å². The lowest BCUT2D eigenvalue weighted by atomic mass is 9.65. The maximum absolute atomic E-state index is 12.7. The van der Waals surface area contributed by atoms with Gasteiger partial charge < -0.3 is 15.0 Å². The maximum atomic E-state index is 12.7. The standard InChI is InChI=1S/C21H32N4O4S/c1-22-21(13-18(26)23-10-11-24-30(2,27)28)15-20-9-5-3-7-16(20)14-25-12-6-4-8-17(25)19(20)29-21/h6,12,14,22,24H,3-5,7-11,13,15H2,1-2H3,(H,23,26). The van der Waals surface area contributed by atoms with Crippen molar-refractivity contribution < 1.29 is 17.9 Å². The van der Waals surface area contributed by atoms with E-state index in [0.717, 1.165) is 50.5 Å². The largest absolute Gasteiger partial charge is 0.474 e. The van der Waals surface area contributed by atoms with E-state index < -0.39 is 15.7 Å². The quantitative estimate of drug-likeness (QED) is 0.525. The molecule has 1 saturated carbocycles. The maximum Gasteiger partial charge on any atom is 0.225 e. The molecule has 0 aromatic rings. The number of sulfonamides is 1. The van der Waals surface area contributed by atoms with Crippen molar-refractivity contribution in [3.05, 3.63) is 35.5 Å². The van der Waals surface area contributed by atoms with E-state index in [0.29, 0.717) is 0 Å². The molecule has 0 aromatic heterocycles. The molecule has 166 valence electrons. The molecule has 0 radical (unpaired) electrons. The summed E-state index contributed by atoms with van der Waals surface area (Å²) in [5.74, 6) is 0.895. The highest BCUT2D eigenvalue weighted by molar-refractivity contribution is 7.88. The van der Waals surface area contributed by atoms with Crippen LogP contribution >= 0.6 is 0 Å². The van der Waals surface area contributed by atoms with E-state index in [4.69, 9.17) is 4.74 Å². The molecule has 3 aliphatic heterocycles. The van der Waals surface area contributed by atoms with Crippen LogP contribution in [-0.2, 0) is 19.6 Å². The SMILES string of the molecule is CNC1(CC(=O)NCCNS(C)(=O)=O)CC23CCCCC2=CN2C=CCCC2=C3O1. The average Bonchev–Trinajstić information content (AvgIpc) is 3.03. The van der Waals surface area contributed by atoms with Gasteiger partial charge >= 0.3 is 0 Å². The summed E-state index contributed by atoms with van der Waals surface area (Å²) in [6.45, 7) is 0.417. The molecule has 0 bridgehead atoms. The van der Waals surface area contributed by atoms with Gasteiger partial charge in [0.25, 0.3) is 0 Å². The lowest BCUT2D eigenvalue weighted by Crippen LogP contribution is -2.48. The predicted octanol–water partition coefficient (Wildman–Crippen LogP) is 1.66. The fourth-order valence-electron chi connectivity index (χ4n) is 5.26. The van der Waals surface area contributed by atoms with Gasteiger partial charge in [-0.2, -0.15) is 0 Å². The number of allylic oxidation sites excluding steroid dienone is 3. The summed E-state index contributed by atoms with van der Waals surface area (Å²) in [5.41, 5.74) is 1.76. The van der Waals surface area contributed by atoms with Gasteiger partial charge in [-0.15, -0.1) is 0 Å². The molecule has 2 unspecified atom stereocenters. The summed E-state index contributed by atoms with van der Waals surface area (Å²) < 4.78 is 31.4. The molecule has 1 aliphatic carbocycles. The number of fused-ring (bicyclic) bond motifs is 1. The number of rotatable bonds is 7. The minimum Gasteiger partial charge on any atom is -0.474 e. The van der Waals surface area contributed by atoms with Crippen LogP contribution in [-0.4, -0.2) is 51.3 Å². The first-order valence-corrected chi connectivity index (χ1v) is 12.7. The van der Waals surface area contributed by atoms with Crippen molar-refractivity contribution in [2.75, 3.05) is 26.4 Å². The molecule has 8 nitrogen and oxygen atoms in total. The lowest BCUT2D eigenvalue weighted by molar-refractivity contribution is -0.127. The molecule has 3 N–H and O–H groups in total. The van der Waals surface area contributed by atoms with Crippen LogP contribution in [0.3, 0.4) is 0 Å². The Hall–Kier alpha value is -1.84. The molecule has 0 aromatic carbocycles. The normalized spacial score (nSPS) is 30.2. The Balaban J connectivity index is 1.52. The zero-order valence-corrected chi connectivity index (χ0v) is 18.6. The number of carbonyl (C=O) groups is 1. The molecule has 1 spiro atoms. The highest BCUT2D eigenvalue weighted by Crippen LogP contribution is 2.61. The molecule has 2 fully saturated rings. The van der Waals surface area contributed by atoms with Gasteiger partial charge in [0.15, 0.2) is 5.72 Å². The van der Waals surface area contributed by atoms with Gasteiger partial charge in [-0.3, -0.25) is 10.1 Å². The number of amides is 1. The van der Waals surface area contributed by atoms with Crippen LogP contribution in [0.5, 0.6) is 0 Å². The van der Waals surface area contributed by atoms with Crippen molar-refractivity contribution in [3.8, 4) is 0 Å². The fraction of sp³-hybridized carbons (Fsp3) is 0.667. The summed E-state index contributed by atoms with van der Waals surface area (Å²) >= 11 is 0. The van der Waals surface area contributed by atoms with Gasteiger partial charge in [0, 0.05) is 31.9 Å². The second-order valence-electron chi connectivity index (χ2n) is 8.77. The third kappa shape index (κ3) is 4.02. The highest BCUT2D eigenvalue weighted by atomic mass is 32.2. The molecule has 2 atom stereocenters. The van der Waals surface area contributed by atoms with Crippen LogP contribution in [0.25, 0.3) is 0 Å². The smallest absolute Gasteiger partial charge is 0.225 e. The molecular weight excluding hydrogens is 404 g/mol. The number of nitrogens with one attached hydrogen (secondary N) is 3. The third-order valence-electron chi connectivity index (χ3n) is 6.63. The summed E-state index contributed by atoms with van der Waals surface area (Å²) in [6, 6.07) is 0. The summed E-state index contributed by atoms with van der Waals surface area (Å²) in [7, 11) is -1.41. The number of nitrogens with zero attached hydrogens (tertiary/aromatic N) is 1. The van der Waals surface area contributed by atoms with E-state index in [9.17, 15) is 13.2 Å². The van der Waals surface area contributed by atoms with Crippen LogP contribution in [0.1, 0.15) is 51.4 Å². The number of hydrogen-bond acceptors (Lipinski definition) is 6. The van der Waals surface area contributed by atoms with E-state index in [2.05, 4.69) is 38.7 Å². The van der Waals surface area contributed by atoms with E-state index in [1.807, 2.05) is 7.05 Å². The van der Waals surface area contributed by atoms with E-state index in [1.54, 1.807) is 0 Å². The van der Waals surface area contributed by atoms with Crippen molar-refractivity contribution in [2.45, 2.75) is 57.1 Å². The predicted molar refractivity (Wildman–Crippen MR) is 114 cm³/mol. The van der Waals surface area contributed by atoms with Crippen molar-refractivity contribution in [1.29, 1.82) is 0 Å². The van der Waals surface area contributed by atoms with Gasteiger partial charge in [-0.25, -0.2) is 13.1 Å². The lowest BCUT2D eigenvalue weighted by Gasteiger charge is -2.42. The third-order valence-corrected chi connectivity index (χ3v) is 7.36. The first-order valence-electron chi connectivity index (χ1n) is 10.8. The molecule has 4 rings (SSSR count). The van der Waals surface area contributed by atoms with Crippen LogP contribution < -0.4 is 15.4 Å². The van der Waals surface area contributed by atoms with Crippen LogP contribution in [0.4, 0.5) is 0 Å². The van der Waals surface area contributed by atoms with Crippen molar-refractivity contribution in [2.24, 2.45) is 5.41 Å². The second kappa shape index (κ2) is 8.01. The Kier molecular flexibility index (Phi) is 5.71. The second-order valence-corrected chi connectivity index (χ2v) is 10.6. The van der Waals surface area contributed by atoms with Gasteiger partial charge in [-0.1, -0.05) is 12.5 Å². The van der Waals surface area contributed by atoms with Crippen LogP contribution in [0, 0.1) is 5.41 Å². The Morgan fingerprint density at radius 2 is 2.10 bits per heavy atom. The van der Waals surface area contributed by atoms with Gasteiger partial charge in [-0.05, 0) is 44.7 Å². The van der Waals surface area contributed by atoms with Crippen molar-refractivity contribution >= 4 is 15.9 Å². The zero-order chi connectivity index (χ0) is 21.4. The van der Waals surface area contributed by atoms with Gasteiger partial charge in [0.2, 0.25) is 15.9 Å². The Bertz CT molecular complexity index is 910. The molecule has 9 heteroatoms. The van der Waals surface area contributed by atoms with Gasteiger partial charge in [0.1, 0.15) is 5.76 Å². The fourth-order valence-corrected chi connectivity index (χ4v) is 5.73. The summed E-state index contributed by atoms with van der Waals surface area (Å²) in [6.07, 6.45) is 15.1. The van der Waals surface area contributed by atoms with Crippen LogP contribution in [0.2, 0.25) is 0 Å². The monoisotopic (exact) mass is 436 g/mol. The van der Waals surface area contributed by atoms with Crippen molar-refractivity contribution in [3.63, 3.8) is 0 Å². The first-order chi connectivity index (χ1) is 14.3. The first kappa shape index (κ1) is 21.4. The van der Waals surface area contributed by atoms with E-state index >= 15 is 0 Å². The van der Waals surface area contributed by atoms with Crippen LogP contribution in [0.15, 0.2) is 35.5 Å². The molecule has 1 amide bonds. The minimum atomic E-state index is -3.26. The average molecular weight is 437 g/mol. The summed E-state index contributed by atoms with van der Waals surface area (Å²) in [5, 5.41) is 6.12.